The van der Waals surface area contributed by atoms with E-state index in [1.54, 1.807) is 10.8 Å². The first kappa shape index (κ1) is 17.9. The number of fused-ring (bicyclic) bond motifs is 1. The Hall–Kier alpha value is -2.95. The highest BCUT2D eigenvalue weighted by molar-refractivity contribution is 5.82. The molecule has 1 N–H and O–H groups in total. The molecular weight excluding hydrogens is 331 g/mol. The smallest absolute Gasteiger partial charge is 0.240 e. The first-order valence-electron chi connectivity index (χ1n) is 8.65. The van der Waals surface area contributed by atoms with E-state index in [-0.39, 0.29) is 29.3 Å². The van der Waals surface area contributed by atoms with Crippen molar-refractivity contribution < 1.29 is 9.18 Å². The van der Waals surface area contributed by atoms with Crippen LogP contribution in [0, 0.1) is 5.82 Å². The molecule has 3 aromatic rings. The van der Waals surface area contributed by atoms with Crippen molar-refractivity contribution in [2.24, 2.45) is 0 Å². The molecule has 5 heteroatoms. The number of rotatable bonds is 6. The lowest BCUT2D eigenvalue weighted by Crippen LogP contribution is -2.35. The van der Waals surface area contributed by atoms with Crippen LogP contribution in [-0.2, 0) is 17.8 Å². The zero-order valence-electron chi connectivity index (χ0n) is 14.6. The molecule has 0 bridgehead atoms. The summed E-state index contributed by atoms with van der Waals surface area (Å²) in [5, 5.41) is 3.25. The maximum Gasteiger partial charge on any atom is 0.240 e. The summed E-state index contributed by atoms with van der Waals surface area (Å²) in [6.07, 6.45) is 3.30. The number of carbonyl (C=O) groups excluding carboxylic acids is 1. The summed E-state index contributed by atoms with van der Waals surface area (Å²) in [6, 6.07) is 15.5. The highest BCUT2D eigenvalue weighted by Crippen LogP contribution is 2.12. The Morgan fingerprint density at radius 2 is 1.92 bits per heavy atom. The number of aromatic nitrogens is 1. The van der Waals surface area contributed by atoms with Gasteiger partial charge in [0.25, 0.3) is 0 Å². The Bertz CT molecular complexity index is 967. The molecule has 4 nitrogen and oxygen atoms in total. The first-order valence-corrected chi connectivity index (χ1v) is 8.65. The molecule has 0 aliphatic carbocycles. The topological polar surface area (TPSA) is 51.1 Å². The third kappa shape index (κ3) is 4.36. The molecule has 134 valence electrons. The summed E-state index contributed by atoms with van der Waals surface area (Å²) >= 11 is 0. The van der Waals surface area contributed by atoms with Crippen LogP contribution in [-0.4, -0.2) is 16.5 Å². The van der Waals surface area contributed by atoms with Gasteiger partial charge in [0.05, 0.1) is 5.52 Å². The van der Waals surface area contributed by atoms with Gasteiger partial charge in [-0.25, -0.2) is 4.39 Å². The molecule has 0 spiro atoms. The van der Waals surface area contributed by atoms with Crippen LogP contribution in [0.15, 0.2) is 65.6 Å². The Morgan fingerprint density at radius 3 is 2.69 bits per heavy atom. The summed E-state index contributed by atoms with van der Waals surface area (Å²) in [6.45, 7) is 2.05. The van der Waals surface area contributed by atoms with Crippen molar-refractivity contribution in [2.75, 3.05) is 0 Å². The van der Waals surface area contributed by atoms with E-state index in [1.165, 1.54) is 29.8 Å². The number of amides is 1. The summed E-state index contributed by atoms with van der Waals surface area (Å²) in [5.74, 6) is -0.605. The van der Waals surface area contributed by atoms with Gasteiger partial charge in [-0.2, -0.15) is 0 Å². The Balaban J connectivity index is 1.64. The largest absolute Gasteiger partial charge is 0.352 e. The number of halogens is 1. The number of aryl methyl sites for hydroxylation is 1. The van der Waals surface area contributed by atoms with Gasteiger partial charge >= 0.3 is 0 Å². The molecule has 3 rings (SSSR count). The Morgan fingerprint density at radius 1 is 1.15 bits per heavy atom. The van der Waals surface area contributed by atoms with Gasteiger partial charge in [0.15, 0.2) is 5.43 Å². The molecule has 0 unspecified atom stereocenters. The van der Waals surface area contributed by atoms with Crippen LogP contribution >= 0.6 is 0 Å². The molecule has 2 aromatic carbocycles. The number of carbonyl (C=O) groups is 1. The lowest BCUT2D eigenvalue weighted by atomic mass is 10.1. The van der Waals surface area contributed by atoms with Crippen molar-refractivity contribution in [2.45, 2.75) is 32.4 Å². The van der Waals surface area contributed by atoms with Crippen molar-refractivity contribution in [3.63, 3.8) is 0 Å². The lowest BCUT2D eigenvalue weighted by molar-refractivity contribution is -0.122. The minimum atomic E-state index is -0.466. The zero-order valence-corrected chi connectivity index (χ0v) is 14.6. The fourth-order valence-corrected chi connectivity index (χ4v) is 3.00. The highest BCUT2D eigenvalue weighted by Gasteiger charge is 2.11. The molecule has 0 saturated carbocycles. The second-order valence-electron chi connectivity index (χ2n) is 6.46. The van der Waals surface area contributed by atoms with E-state index >= 15 is 0 Å². The Kier molecular flexibility index (Phi) is 5.46. The molecule has 0 fully saturated rings. The predicted octanol–water partition coefficient (Wildman–Crippen LogP) is 3.28. The number of pyridine rings is 1. The van der Waals surface area contributed by atoms with E-state index in [4.69, 9.17) is 0 Å². The molecule has 1 heterocycles. The van der Waals surface area contributed by atoms with Crippen LogP contribution in [0.25, 0.3) is 10.9 Å². The maximum absolute atomic E-state index is 13.4. The van der Waals surface area contributed by atoms with E-state index in [0.29, 0.717) is 5.52 Å². The van der Waals surface area contributed by atoms with Gasteiger partial charge < -0.3 is 9.88 Å². The predicted molar refractivity (Wildman–Crippen MR) is 101 cm³/mol. The number of benzene rings is 2. The van der Waals surface area contributed by atoms with Crippen molar-refractivity contribution in [1.29, 1.82) is 0 Å². The van der Waals surface area contributed by atoms with Crippen LogP contribution in [0.4, 0.5) is 4.39 Å². The molecule has 26 heavy (non-hydrogen) atoms. The van der Waals surface area contributed by atoms with E-state index in [9.17, 15) is 14.0 Å². The van der Waals surface area contributed by atoms with E-state index in [0.717, 1.165) is 12.8 Å². The number of hydrogen-bond acceptors (Lipinski definition) is 2. The SMILES string of the molecule is C[C@@H](CCc1ccccc1)NC(=O)Cn1ccc(=O)c2cc(F)ccc21. The standard InChI is InChI=1S/C21H21FN2O2/c1-15(7-8-16-5-3-2-4-6-16)23-21(26)14-24-12-11-20(25)18-13-17(22)9-10-19(18)24/h2-6,9-13,15H,7-8,14H2,1H3,(H,23,26)/t15-/m0/s1. The second-order valence-corrected chi connectivity index (χ2v) is 6.46. The highest BCUT2D eigenvalue weighted by atomic mass is 19.1. The summed E-state index contributed by atoms with van der Waals surface area (Å²) in [5.41, 5.74) is 1.53. The number of nitrogens with zero attached hydrogens (tertiary/aromatic N) is 1. The normalized spacial score (nSPS) is 12.1. The summed E-state index contributed by atoms with van der Waals surface area (Å²) in [4.78, 5) is 24.2. The van der Waals surface area contributed by atoms with Crippen LogP contribution in [0.1, 0.15) is 18.9 Å². The average molecular weight is 352 g/mol. The van der Waals surface area contributed by atoms with Gasteiger partial charge in [-0.3, -0.25) is 9.59 Å². The molecule has 0 saturated heterocycles. The zero-order chi connectivity index (χ0) is 18.5. The summed E-state index contributed by atoms with van der Waals surface area (Å²) in [7, 11) is 0. The van der Waals surface area contributed by atoms with Gasteiger partial charge in [0.1, 0.15) is 12.4 Å². The second kappa shape index (κ2) is 7.95. The number of nitrogens with one attached hydrogen (secondary N) is 1. The molecule has 0 aliphatic rings. The molecule has 1 aromatic heterocycles. The van der Waals surface area contributed by atoms with Gasteiger partial charge in [0.2, 0.25) is 5.91 Å². The van der Waals surface area contributed by atoms with Gasteiger partial charge in [-0.05, 0) is 43.5 Å². The fraction of sp³-hybridized carbons (Fsp3) is 0.238. The van der Waals surface area contributed by atoms with E-state index in [1.807, 2.05) is 25.1 Å². The molecular formula is C21H21FN2O2. The van der Waals surface area contributed by atoms with Crippen LogP contribution in [0.3, 0.4) is 0 Å². The van der Waals surface area contributed by atoms with Crippen molar-refractivity contribution >= 4 is 16.8 Å². The van der Waals surface area contributed by atoms with Crippen molar-refractivity contribution in [3.8, 4) is 0 Å². The fourth-order valence-electron chi connectivity index (χ4n) is 3.00. The van der Waals surface area contributed by atoms with Crippen molar-refractivity contribution in [1.82, 2.24) is 9.88 Å². The third-order valence-corrected chi connectivity index (χ3v) is 4.37. The molecule has 1 amide bonds. The average Bonchev–Trinajstić information content (AvgIpc) is 2.63. The minimum Gasteiger partial charge on any atom is -0.352 e. The van der Waals surface area contributed by atoms with Gasteiger partial charge in [-0.1, -0.05) is 30.3 Å². The molecule has 1 atom stereocenters. The third-order valence-electron chi connectivity index (χ3n) is 4.37. The Labute approximate surface area is 151 Å². The minimum absolute atomic E-state index is 0.0331. The van der Waals surface area contributed by atoms with Gasteiger partial charge in [-0.15, -0.1) is 0 Å². The van der Waals surface area contributed by atoms with Gasteiger partial charge in [0, 0.05) is 23.7 Å². The van der Waals surface area contributed by atoms with Crippen molar-refractivity contribution in [3.05, 3.63) is 82.4 Å². The van der Waals surface area contributed by atoms with Crippen LogP contribution in [0.5, 0.6) is 0 Å². The van der Waals surface area contributed by atoms with Crippen LogP contribution in [0.2, 0.25) is 0 Å². The monoisotopic (exact) mass is 352 g/mol. The first-order chi connectivity index (χ1) is 12.5. The molecule has 0 aliphatic heterocycles. The summed E-state index contributed by atoms with van der Waals surface area (Å²) < 4.78 is 15.0. The van der Waals surface area contributed by atoms with Crippen LogP contribution < -0.4 is 10.7 Å². The quantitative estimate of drug-likeness (QED) is 0.740. The lowest BCUT2D eigenvalue weighted by Gasteiger charge is -2.16. The van der Waals surface area contributed by atoms with E-state index in [2.05, 4.69) is 17.4 Å². The number of hydrogen-bond donors (Lipinski definition) is 1. The molecule has 0 radical (unpaired) electrons. The maximum atomic E-state index is 13.4. The van der Waals surface area contributed by atoms with E-state index < -0.39 is 5.82 Å².